The van der Waals surface area contributed by atoms with E-state index in [-0.39, 0.29) is 30.2 Å². The zero-order valence-electron chi connectivity index (χ0n) is 23.0. The molecule has 0 aromatic heterocycles. The Morgan fingerprint density at radius 2 is 1.00 bits per heavy atom. The first-order chi connectivity index (χ1) is 17.4. The van der Waals surface area contributed by atoms with Crippen molar-refractivity contribution in [3.63, 3.8) is 0 Å². The molecule has 0 nitrogen and oxygen atoms in total. The number of rotatable bonds is 2. The molecule has 2 aromatic carbocycles. The van der Waals surface area contributed by atoms with Crippen molar-refractivity contribution in [2.24, 2.45) is 23.7 Å². The molecule has 2 fully saturated rings. The van der Waals surface area contributed by atoms with Crippen molar-refractivity contribution in [2.45, 2.75) is 51.6 Å². The Balaban J connectivity index is 0.000000224. The number of allylic oxidation sites excluding steroid dienone is 8. The fourth-order valence-corrected chi connectivity index (χ4v) is 6.06. The molecule has 0 amide bonds. The van der Waals surface area contributed by atoms with Crippen molar-refractivity contribution in [3.05, 3.63) is 132 Å². The van der Waals surface area contributed by atoms with Gasteiger partial charge in [-0.05, 0) is 23.0 Å². The third-order valence-electron chi connectivity index (χ3n) is 7.51. The number of halogens is 2. The smallest absolute Gasteiger partial charge is 1.00 e. The van der Waals surface area contributed by atoms with Gasteiger partial charge >= 0.3 is 41.9 Å². The molecule has 4 aliphatic carbocycles. The number of fused-ring (bicyclic) bond motifs is 2. The summed E-state index contributed by atoms with van der Waals surface area (Å²) in [6.45, 7) is 9.26. The Morgan fingerprint density at radius 1 is 0.658 bits per heavy atom. The van der Waals surface area contributed by atoms with E-state index >= 15 is 0 Å². The van der Waals surface area contributed by atoms with Crippen LogP contribution >= 0.6 is 0 Å². The van der Waals surface area contributed by atoms with Crippen LogP contribution in [0.4, 0.5) is 0 Å². The van der Waals surface area contributed by atoms with Crippen molar-refractivity contribution < 1.29 is 48.1 Å². The van der Waals surface area contributed by atoms with Crippen LogP contribution in [0.5, 0.6) is 0 Å². The third kappa shape index (κ3) is 8.92. The second-order valence-corrected chi connectivity index (χ2v) is 20.3. The van der Waals surface area contributed by atoms with Gasteiger partial charge in [0, 0.05) is 11.8 Å². The molecule has 0 radical (unpaired) electrons. The van der Waals surface area contributed by atoms with Gasteiger partial charge in [0.15, 0.2) is 0 Å². The first kappa shape index (κ1) is 33.0. The van der Waals surface area contributed by atoms with Crippen LogP contribution in [0.15, 0.2) is 108 Å². The van der Waals surface area contributed by atoms with Gasteiger partial charge in [-0.2, -0.15) is 0 Å². The molecule has 6 unspecified atom stereocenters. The minimum Gasteiger partial charge on any atom is -1.00 e. The fraction of sp³-hybridized carbons (Fsp3) is 0.353. The molecule has 2 aromatic rings. The van der Waals surface area contributed by atoms with E-state index in [9.17, 15) is 0 Å². The molecule has 38 heavy (non-hydrogen) atoms. The second-order valence-electron chi connectivity index (χ2n) is 10.9. The second kappa shape index (κ2) is 16.2. The Morgan fingerprint density at radius 3 is 1.34 bits per heavy atom. The maximum absolute atomic E-state index is 2.43. The Bertz CT molecular complexity index is 1050. The summed E-state index contributed by atoms with van der Waals surface area (Å²) in [5.41, 5.74) is 6.21. The zero-order chi connectivity index (χ0) is 25.5. The standard InChI is InChI=1S/2C16H17.C2H6Si.2ClH.Zr/c2*1-12-10-14-8-5-9-15(16(14)11-12)13-6-3-2-4-7-13;1-3-2;;;/h2*2-10,12,15-16H,11H2,1H3;1-2H3;2*1H;/q2*-1;;;;+2/p-2. The van der Waals surface area contributed by atoms with Gasteiger partial charge in [0.05, 0.1) is 0 Å². The molecule has 0 spiro atoms. The van der Waals surface area contributed by atoms with Crippen molar-refractivity contribution in [3.8, 4) is 0 Å². The molecular formula is C34H40Cl2SiZr-2. The van der Waals surface area contributed by atoms with Crippen LogP contribution in [-0.4, -0.2) is 5.43 Å². The zero-order valence-corrected chi connectivity index (χ0v) is 28.0. The van der Waals surface area contributed by atoms with Crippen LogP contribution in [0, 0.1) is 36.5 Å². The van der Waals surface area contributed by atoms with Crippen LogP contribution in [-0.2, 0) is 23.3 Å². The van der Waals surface area contributed by atoms with E-state index in [1.807, 2.05) is 0 Å². The summed E-state index contributed by atoms with van der Waals surface area (Å²) < 4.78 is 0. The molecule has 0 saturated heterocycles. The largest absolute Gasteiger partial charge is 1.00 e. The van der Waals surface area contributed by atoms with E-state index in [4.69, 9.17) is 0 Å². The van der Waals surface area contributed by atoms with Crippen LogP contribution in [0.3, 0.4) is 0 Å². The van der Waals surface area contributed by atoms with E-state index in [1.54, 1.807) is 34.5 Å². The Kier molecular flexibility index (Phi) is 14.1. The third-order valence-corrected chi connectivity index (χ3v) is 7.51. The molecule has 0 N–H and O–H groups in total. The summed E-state index contributed by atoms with van der Waals surface area (Å²) >= 11 is 1.74. The molecule has 200 valence electrons. The van der Waals surface area contributed by atoms with Gasteiger partial charge in [-0.15, -0.1) is 12.2 Å². The van der Waals surface area contributed by atoms with Crippen LogP contribution in [0.25, 0.3) is 0 Å². The van der Waals surface area contributed by atoms with Crippen molar-refractivity contribution in [2.75, 3.05) is 0 Å². The number of hydrogen-bond donors (Lipinski definition) is 0. The number of benzene rings is 2. The van der Waals surface area contributed by atoms with E-state index < -0.39 is 0 Å². The quantitative estimate of drug-likeness (QED) is 0.351. The van der Waals surface area contributed by atoms with Crippen molar-refractivity contribution >= 4 is 5.43 Å². The van der Waals surface area contributed by atoms with Gasteiger partial charge in [0.2, 0.25) is 0 Å². The Labute approximate surface area is 259 Å². The average Bonchev–Trinajstić information content (AvgIpc) is 3.45. The number of hydrogen-bond acceptors (Lipinski definition) is 0. The molecule has 0 heterocycles. The minimum absolute atomic E-state index is 0. The average molecular weight is 639 g/mol. The van der Waals surface area contributed by atoms with Crippen molar-refractivity contribution in [1.82, 2.24) is 0 Å². The summed E-state index contributed by atoms with van der Waals surface area (Å²) in [7, 11) is 0. The van der Waals surface area contributed by atoms with E-state index in [0.717, 1.165) is 11.8 Å². The summed E-state index contributed by atoms with van der Waals surface area (Å²) in [6.07, 6.45) is 21.2. The van der Waals surface area contributed by atoms with Crippen LogP contribution < -0.4 is 24.8 Å². The van der Waals surface area contributed by atoms with Crippen LogP contribution in [0.2, 0.25) is 13.1 Å². The van der Waals surface area contributed by atoms with E-state index in [2.05, 4.69) is 137 Å². The molecule has 6 atom stereocenters. The summed E-state index contributed by atoms with van der Waals surface area (Å²) in [5, 5.41) is 0. The SMILES string of the molecule is CC1[CH-]C2=CC=CC(c3ccccc3)C2C1.CC1[CH-]C2=CC=CC(c3ccccc3)C2C1.C[Si](C)=[Zr+2].[Cl-].[Cl-]. The normalized spacial score (nSPS) is 27.5. The predicted octanol–water partition coefficient (Wildman–Crippen LogP) is 3.05. The first-order valence-corrected chi connectivity index (χ1v) is 19.7. The molecule has 2 saturated carbocycles. The molecular weight excluding hydrogens is 599 g/mol. The van der Waals surface area contributed by atoms with Gasteiger partial charge in [0.25, 0.3) is 0 Å². The van der Waals surface area contributed by atoms with E-state index in [0.29, 0.717) is 23.7 Å². The Hall–Kier alpha value is -1.18. The van der Waals surface area contributed by atoms with Crippen molar-refractivity contribution in [1.29, 1.82) is 0 Å². The molecule has 0 aliphatic heterocycles. The first-order valence-electron chi connectivity index (χ1n) is 13.5. The maximum atomic E-state index is 2.43. The summed E-state index contributed by atoms with van der Waals surface area (Å²) in [4.78, 5) is 0. The van der Waals surface area contributed by atoms with Gasteiger partial charge in [-0.3, -0.25) is 0 Å². The summed E-state index contributed by atoms with van der Waals surface area (Å²) in [5.74, 6) is 4.07. The van der Waals surface area contributed by atoms with Crippen LogP contribution in [0.1, 0.15) is 49.7 Å². The predicted molar refractivity (Wildman–Crippen MR) is 153 cm³/mol. The van der Waals surface area contributed by atoms with Gasteiger partial charge in [0.1, 0.15) is 0 Å². The summed E-state index contributed by atoms with van der Waals surface area (Å²) in [6, 6.07) is 21.8. The molecule has 4 aliphatic rings. The topological polar surface area (TPSA) is 0 Å². The van der Waals surface area contributed by atoms with E-state index in [1.165, 1.54) is 24.0 Å². The van der Waals surface area contributed by atoms with Gasteiger partial charge in [-0.1, -0.05) is 111 Å². The molecule has 0 bridgehead atoms. The van der Waals surface area contributed by atoms with Gasteiger partial charge in [-0.25, -0.2) is 36.1 Å². The molecule has 6 rings (SSSR count). The minimum atomic E-state index is 0. The monoisotopic (exact) mass is 636 g/mol. The fourth-order valence-electron chi connectivity index (χ4n) is 6.06. The maximum Gasteiger partial charge on any atom is -1.00 e. The molecule has 4 heteroatoms. The van der Waals surface area contributed by atoms with Gasteiger partial charge < -0.3 is 24.8 Å².